The van der Waals surface area contributed by atoms with Crippen LogP contribution in [-0.4, -0.2) is 65.9 Å². The summed E-state index contributed by atoms with van der Waals surface area (Å²) in [7, 11) is 3.27. The second-order valence-electron chi connectivity index (χ2n) is 9.15. The normalized spacial score (nSPS) is 14.0. The molecule has 2 N–H and O–H groups in total. The van der Waals surface area contributed by atoms with Crippen molar-refractivity contribution in [2.45, 2.75) is 19.1 Å². The van der Waals surface area contributed by atoms with Crippen molar-refractivity contribution in [3.63, 3.8) is 0 Å². The van der Waals surface area contributed by atoms with Gasteiger partial charge >= 0.3 is 0 Å². The third-order valence-corrected chi connectivity index (χ3v) is 6.50. The van der Waals surface area contributed by atoms with E-state index in [0.29, 0.717) is 29.2 Å². The van der Waals surface area contributed by atoms with Crippen LogP contribution in [0, 0.1) is 0 Å². The summed E-state index contributed by atoms with van der Waals surface area (Å²) >= 11 is 0. The van der Waals surface area contributed by atoms with Crippen LogP contribution in [0.25, 0.3) is 11.0 Å². The lowest BCUT2D eigenvalue weighted by Gasteiger charge is -2.31. The standard InChI is InChI=1S/C29H30N4O5/c1-36-27-13-19-11-12-33(16-20(19)14-28(27)37-2)17-22(34)18-38-23-9-7-21(8-10-23)31-29(35)26-15-30-24-5-3-4-6-25(24)32-26/h3-10,13-15,22,34H,11-12,16-18H2,1-2H3,(H,31,35). The zero-order chi connectivity index (χ0) is 26.5. The Morgan fingerprint density at radius 2 is 1.74 bits per heavy atom. The maximum atomic E-state index is 12.6. The molecule has 0 saturated heterocycles. The number of β-amino-alcohol motifs (C(OH)–C–C–N with tert-alkyl or cyclic N) is 1. The van der Waals surface area contributed by atoms with Gasteiger partial charge in [0.2, 0.25) is 0 Å². The Morgan fingerprint density at radius 3 is 2.47 bits per heavy atom. The van der Waals surface area contributed by atoms with E-state index in [1.165, 1.54) is 17.3 Å². The molecule has 1 aromatic heterocycles. The van der Waals surface area contributed by atoms with Gasteiger partial charge in [-0.25, -0.2) is 4.98 Å². The van der Waals surface area contributed by atoms with Gasteiger partial charge in [-0.2, -0.15) is 0 Å². The number of methoxy groups -OCH3 is 2. The highest BCUT2D eigenvalue weighted by atomic mass is 16.5. The van der Waals surface area contributed by atoms with Gasteiger partial charge in [-0.15, -0.1) is 0 Å². The SMILES string of the molecule is COc1cc2c(cc1OC)CN(CC(O)COc1ccc(NC(=O)c3cnc4ccccc4n3)cc1)CC2. The van der Waals surface area contributed by atoms with E-state index in [1.54, 1.807) is 38.5 Å². The van der Waals surface area contributed by atoms with Crippen molar-refractivity contribution in [2.24, 2.45) is 0 Å². The van der Waals surface area contributed by atoms with Gasteiger partial charge in [-0.3, -0.25) is 14.7 Å². The molecule has 0 fully saturated rings. The summed E-state index contributed by atoms with van der Waals surface area (Å²) < 4.78 is 16.6. The minimum absolute atomic E-state index is 0.160. The summed E-state index contributed by atoms with van der Waals surface area (Å²) in [5.74, 6) is 1.71. The molecule has 1 aliphatic rings. The summed E-state index contributed by atoms with van der Waals surface area (Å²) in [6, 6.07) is 18.4. The van der Waals surface area contributed by atoms with Gasteiger partial charge in [0, 0.05) is 25.3 Å². The van der Waals surface area contributed by atoms with E-state index in [-0.39, 0.29) is 18.2 Å². The van der Waals surface area contributed by atoms with Crippen LogP contribution in [0.1, 0.15) is 21.6 Å². The Labute approximate surface area is 221 Å². The summed E-state index contributed by atoms with van der Waals surface area (Å²) in [5.41, 5.74) is 4.66. The van der Waals surface area contributed by atoms with Crippen molar-refractivity contribution in [1.82, 2.24) is 14.9 Å². The smallest absolute Gasteiger partial charge is 0.275 e. The molecule has 5 rings (SSSR count). The van der Waals surface area contributed by atoms with E-state index in [4.69, 9.17) is 14.2 Å². The predicted molar refractivity (Wildman–Crippen MR) is 144 cm³/mol. The predicted octanol–water partition coefficient (Wildman–Crippen LogP) is 3.70. The summed E-state index contributed by atoms with van der Waals surface area (Å²) in [6.45, 7) is 2.22. The molecule has 0 bridgehead atoms. The second-order valence-corrected chi connectivity index (χ2v) is 9.15. The average Bonchev–Trinajstić information content (AvgIpc) is 2.95. The van der Waals surface area contributed by atoms with Crippen molar-refractivity contribution >= 4 is 22.6 Å². The van der Waals surface area contributed by atoms with Crippen LogP contribution in [0.3, 0.4) is 0 Å². The lowest BCUT2D eigenvalue weighted by atomic mass is 9.98. The Balaban J connectivity index is 1.11. The van der Waals surface area contributed by atoms with Crippen molar-refractivity contribution in [3.05, 3.63) is 83.7 Å². The first-order chi connectivity index (χ1) is 18.5. The molecule has 9 nitrogen and oxygen atoms in total. The maximum Gasteiger partial charge on any atom is 0.275 e. The van der Waals surface area contributed by atoms with Gasteiger partial charge in [0.25, 0.3) is 5.91 Å². The van der Waals surface area contributed by atoms with Crippen LogP contribution in [0.4, 0.5) is 5.69 Å². The van der Waals surface area contributed by atoms with Gasteiger partial charge in [-0.1, -0.05) is 12.1 Å². The largest absolute Gasteiger partial charge is 0.493 e. The Hall–Kier alpha value is -4.21. The van der Waals surface area contributed by atoms with E-state index in [0.717, 1.165) is 30.8 Å². The molecule has 0 aliphatic carbocycles. The molecule has 38 heavy (non-hydrogen) atoms. The van der Waals surface area contributed by atoms with Crippen LogP contribution in [-0.2, 0) is 13.0 Å². The first-order valence-corrected chi connectivity index (χ1v) is 12.4. The lowest BCUT2D eigenvalue weighted by molar-refractivity contribution is 0.0637. The number of fused-ring (bicyclic) bond motifs is 2. The zero-order valence-electron chi connectivity index (χ0n) is 21.4. The number of ether oxygens (including phenoxy) is 3. The summed E-state index contributed by atoms with van der Waals surface area (Å²) in [4.78, 5) is 23.5. The first kappa shape index (κ1) is 25.4. The number of para-hydroxylation sites is 2. The van der Waals surface area contributed by atoms with E-state index in [1.807, 2.05) is 36.4 Å². The molecule has 1 atom stereocenters. The number of nitrogens with zero attached hydrogens (tertiary/aromatic N) is 3. The van der Waals surface area contributed by atoms with Gasteiger partial charge < -0.3 is 24.6 Å². The maximum absolute atomic E-state index is 12.6. The number of carbonyl (C=O) groups is 1. The zero-order valence-corrected chi connectivity index (χ0v) is 21.4. The Morgan fingerprint density at radius 1 is 1.03 bits per heavy atom. The van der Waals surface area contributed by atoms with E-state index in [9.17, 15) is 9.90 Å². The highest BCUT2D eigenvalue weighted by molar-refractivity contribution is 6.03. The van der Waals surface area contributed by atoms with Crippen molar-refractivity contribution in [3.8, 4) is 17.2 Å². The lowest BCUT2D eigenvalue weighted by Crippen LogP contribution is -2.38. The number of amides is 1. The molecule has 2 heterocycles. The van der Waals surface area contributed by atoms with Crippen molar-refractivity contribution < 1.29 is 24.1 Å². The number of hydrogen-bond acceptors (Lipinski definition) is 8. The van der Waals surface area contributed by atoms with Crippen LogP contribution in [0.15, 0.2) is 66.9 Å². The minimum Gasteiger partial charge on any atom is -0.493 e. The van der Waals surface area contributed by atoms with Gasteiger partial charge in [0.15, 0.2) is 11.5 Å². The fraction of sp³-hybridized carbons (Fsp3) is 0.276. The monoisotopic (exact) mass is 514 g/mol. The minimum atomic E-state index is -0.650. The van der Waals surface area contributed by atoms with Gasteiger partial charge in [0.1, 0.15) is 24.2 Å². The summed E-state index contributed by atoms with van der Waals surface area (Å²) in [5, 5.41) is 13.4. The van der Waals surface area contributed by atoms with Crippen LogP contribution in [0.2, 0.25) is 0 Å². The molecule has 0 saturated carbocycles. The van der Waals surface area contributed by atoms with Crippen LogP contribution < -0.4 is 19.5 Å². The second kappa shape index (κ2) is 11.5. The Kier molecular flexibility index (Phi) is 7.67. The number of aliphatic hydroxyl groups excluding tert-OH is 1. The number of rotatable bonds is 9. The molecule has 0 radical (unpaired) electrons. The topological polar surface area (TPSA) is 106 Å². The van der Waals surface area contributed by atoms with Crippen LogP contribution in [0.5, 0.6) is 17.2 Å². The van der Waals surface area contributed by atoms with E-state index < -0.39 is 6.10 Å². The third kappa shape index (κ3) is 5.85. The highest BCUT2D eigenvalue weighted by Crippen LogP contribution is 2.33. The molecule has 1 aliphatic heterocycles. The fourth-order valence-corrected chi connectivity index (χ4v) is 4.54. The number of aliphatic hydroxyl groups is 1. The van der Waals surface area contributed by atoms with E-state index >= 15 is 0 Å². The number of hydrogen-bond donors (Lipinski definition) is 2. The molecule has 1 unspecified atom stereocenters. The fourth-order valence-electron chi connectivity index (χ4n) is 4.54. The molecule has 3 aromatic carbocycles. The molecular formula is C29H30N4O5. The molecule has 1 amide bonds. The molecule has 9 heteroatoms. The molecular weight excluding hydrogens is 484 g/mol. The van der Waals surface area contributed by atoms with Crippen LogP contribution >= 0.6 is 0 Å². The number of nitrogens with one attached hydrogen (secondary N) is 1. The van der Waals surface area contributed by atoms with Gasteiger partial charge in [-0.05, 0) is 66.1 Å². The Bertz CT molecular complexity index is 1430. The number of aromatic nitrogens is 2. The van der Waals surface area contributed by atoms with E-state index in [2.05, 4.69) is 20.2 Å². The van der Waals surface area contributed by atoms with Crippen molar-refractivity contribution in [2.75, 3.05) is 39.2 Å². The molecule has 0 spiro atoms. The third-order valence-electron chi connectivity index (χ3n) is 6.50. The summed E-state index contributed by atoms with van der Waals surface area (Å²) in [6.07, 6.45) is 1.69. The van der Waals surface area contributed by atoms with Crippen molar-refractivity contribution in [1.29, 1.82) is 0 Å². The number of anilines is 1. The molecule has 4 aromatic rings. The van der Waals surface area contributed by atoms with Gasteiger partial charge in [0.05, 0.1) is 31.4 Å². The highest BCUT2D eigenvalue weighted by Gasteiger charge is 2.21. The molecule has 196 valence electrons. The quantitative estimate of drug-likeness (QED) is 0.348. The number of carbonyl (C=O) groups excluding carboxylic acids is 1. The average molecular weight is 515 g/mol. The first-order valence-electron chi connectivity index (χ1n) is 12.4. The number of benzene rings is 3.